The van der Waals surface area contributed by atoms with E-state index < -0.39 is 0 Å². The summed E-state index contributed by atoms with van der Waals surface area (Å²) < 4.78 is 5.15. The molecule has 5 nitrogen and oxygen atoms in total. The molecule has 1 N–H and O–H groups in total. The summed E-state index contributed by atoms with van der Waals surface area (Å²) in [5.41, 5.74) is 0.818. The van der Waals surface area contributed by atoms with E-state index in [9.17, 15) is 9.59 Å². The van der Waals surface area contributed by atoms with Gasteiger partial charge in [0.05, 0.1) is 18.6 Å². The minimum atomic E-state index is -0.300. The summed E-state index contributed by atoms with van der Waals surface area (Å²) in [5, 5.41) is 5.18. The zero-order valence-corrected chi connectivity index (χ0v) is 15.4. The van der Waals surface area contributed by atoms with Crippen LogP contribution in [0, 0.1) is 5.92 Å². The van der Waals surface area contributed by atoms with Crippen molar-refractivity contribution in [2.24, 2.45) is 5.92 Å². The average molecular weight is 354 g/mol. The molecule has 2 aromatic carbocycles. The molecular weight excluding hydrogens is 328 g/mol. The van der Waals surface area contributed by atoms with E-state index in [-0.39, 0.29) is 23.8 Å². The summed E-state index contributed by atoms with van der Waals surface area (Å²) in [5.74, 6) is -0.346. The van der Waals surface area contributed by atoms with Gasteiger partial charge in [-0.15, -0.1) is 0 Å². The van der Waals surface area contributed by atoms with Crippen LogP contribution in [0.4, 0.5) is 5.69 Å². The number of hydrogen-bond donors (Lipinski definition) is 1. The van der Waals surface area contributed by atoms with E-state index in [1.807, 2.05) is 56.3 Å². The molecule has 0 unspecified atom stereocenters. The Morgan fingerprint density at radius 3 is 2.81 bits per heavy atom. The second-order valence-electron chi connectivity index (χ2n) is 6.78. The van der Waals surface area contributed by atoms with Gasteiger partial charge in [-0.25, -0.2) is 0 Å². The summed E-state index contributed by atoms with van der Waals surface area (Å²) in [7, 11) is 0. The number of benzene rings is 2. The van der Waals surface area contributed by atoms with Crippen molar-refractivity contribution in [1.82, 2.24) is 4.90 Å². The fraction of sp³-hybridized carbons (Fsp3) is 0.429. The van der Waals surface area contributed by atoms with E-state index in [2.05, 4.69) is 10.2 Å². The van der Waals surface area contributed by atoms with Crippen molar-refractivity contribution in [1.29, 1.82) is 0 Å². The Labute approximate surface area is 154 Å². The van der Waals surface area contributed by atoms with Crippen LogP contribution in [0.5, 0.6) is 0 Å². The van der Waals surface area contributed by atoms with Crippen LogP contribution in [0.15, 0.2) is 42.5 Å². The molecule has 1 aliphatic rings. The largest absolute Gasteiger partial charge is 0.466 e. The van der Waals surface area contributed by atoms with E-state index in [1.165, 1.54) is 0 Å². The fourth-order valence-corrected chi connectivity index (χ4v) is 3.55. The molecule has 1 heterocycles. The molecule has 138 valence electrons. The summed E-state index contributed by atoms with van der Waals surface area (Å²) in [6.45, 7) is 5.50. The van der Waals surface area contributed by atoms with Gasteiger partial charge < -0.3 is 10.1 Å². The number of carbonyl (C=O) groups is 2. The third-order valence-electron chi connectivity index (χ3n) is 5.05. The molecule has 26 heavy (non-hydrogen) atoms. The van der Waals surface area contributed by atoms with Crippen LogP contribution in [0.2, 0.25) is 0 Å². The van der Waals surface area contributed by atoms with E-state index in [1.54, 1.807) is 0 Å². The van der Waals surface area contributed by atoms with Gasteiger partial charge in [0.1, 0.15) is 0 Å². The number of nitrogens with zero attached hydrogens (tertiary/aromatic N) is 1. The van der Waals surface area contributed by atoms with Crippen molar-refractivity contribution in [3.05, 3.63) is 42.5 Å². The highest BCUT2D eigenvalue weighted by Gasteiger charge is 2.31. The highest BCUT2D eigenvalue weighted by atomic mass is 16.5. The highest BCUT2D eigenvalue weighted by Crippen LogP contribution is 2.24. The standard InChI is InChI=1S/C21H26N2O3/c1-3-26-21(25)17-10-7-13-23(14-17)15(2)20(24)22-19-12-6-9-16-8-4-5-11-18(16)19/h4-6,8-9,11-12,15,17H,3,7,10,13-14H2,1-2H3,(H,22,24)/t15-,17-/m0/s1. The lowest BCUT2D eigenvalue weighted by atomic mass is 9.97. The summed E-state index contributed by atoms with van der Waals surface area (Å²) in [6.07, 6.45) is 1.72. The Balaban J connectivity index is 1.68. The molecule has 3 rings (SSSR count). The summed E-state index contributed by atoms with van der Waals surface area (Å²) >= 11 is 0. The normalized spacial score (nSPS) is 19.1. The second-order valence-corrected chi connectivity index (χ2v) is 6.78. The molecule has 0 saturated carbocycles. The molecule has 2 atom stereocenters. The summed E-state index contributed by atoms with van der Waals surface area (Å²) in [4.78, 5) is 26.9. The molecule has 0 aromatic heterocycles. The lowest BCUT2D eigenvalue weighted by Gasteiger charge is -2.35. The third kappa shape index (κ3) is 4.05. The lowest BCUT2D eigenvalue weighted by Crippen LogP contribution is -2.48. The number of ether oxygens (including phenoxy) is 1. The number of carbonyl (C=O) groups excluding carboxylic acids is 2. The van der Waals surface area contributed by atoms with E-state index in [0.717, 1.165) is 35.8 Å². The van der Waals surface area contributed by atoms with Gasteiger partial charge in [-0.1, -0.05) is 36.4 Å². The van der Waals surface area contributed by atoms with Crippen molar-refractivity contribution in [2.45, 2.75) is 32.7 Å². The predicted molar refractivity (Wildman–Crippen MR) is 103 cm³/mol. The van der Waals surface area contributed by atoms with Crippen LogP contribution < -0.4 is 5.32 Å². The number of rotatable bonds is 5. The van der Waals surface area contributed by atoms with Gasteiger partial charge in [-0.2, -0.15) is 0 Å². The Morgan fingerprint density at radius 2 is 2.00 bits per heavy atom. The molecule has 1 fully saturated rings. The number of anilines is 1. The third-order valence-corrected chi connectivity index (χ3v) is 5.05. The highest BCUT2D eigenvalue weighted by molar-refractivity contribution is 6.03. The number of likely N-dealkylation sites (tertiary alicyclic amines) is 1. The molecule has 1 amide bonds. The Hall–Kier alpha value is -2.40. The minimum absolute atomic E-state index is 0.0501. The first-order valence-electron chi connectivity index (χ1n) is 9.29. The van der Waals surface area contributed by atoms with Gasteiger partial charge in [0.15, 0.2) is 0 Å². The van der Waals surface area contributed by atoms with Crippen LogP contribution in [0.25, 0.3) is 10.8 Å². The minimum Gasteiger partial charge on any atom is -0.466 e. The number of esters is 1. The van der Waals surface area contributed by atoms with Crippen LogP contribution in [0.3, 0.4) is 0 Å². The van der Waals surface area contributed by atoms with Crippen molar-refractivity contribution >= 4 is 28.3 Å². The smallest absolute Gasteiger partial charge is 0.310 e. The molecule has 0 radical (unpaired) electrons. The monoisotopic (exact) mass is 354 g/mol. The van der Waals surface area contributed by atoms with Gasteiger partial charge in [-0.3, -0.25) is 14.5 Å². The Bertz CT molecular complexity index is 784. The van der Waals surface area contributed by atoms with Gasteiger partial charge in [-0.05, 0) is 44.7 Å². The van der Waals surface area contributed by atoms with E-state index in [0.29, 0.717) is 13.2 Å². The lowest BCUT2D eigenvalue weighted by molar-refractivity contribution is -0.150. The molecule has 1 aliphatic heterocycles. The average Bonchev–Trinajstić information content (AvgIpc) is 2.68. The van der Waals surface area contributed by atoms with E-state index in [4.69, 9.17) is 4.74 Å². The maximum Gasteiger partial charge on any atom is 0.310 e. The summed E-state index contributed by atoms with van der Waals surface area (Å²) in [6, 6.07) is 13.6. The number of hydrogen-bond acceptors (Lipinski definition) is 4. The number of piperidine rings is 1. The van der Waals surface area contributed by atoms with Crippen LogP contribution in [-0.2, 0) is 14.3 Å². The SMILES string of the molecule is CCOC(=O)[C@H]1CCCN([C@@H](C)C(=O)Nc2cccc3ccccc23)C1. The molecule has 0 aliphatic carbocycles. The predicted octanol–water partition coefficient (Wildman–Crippen LogP) is 3.44. The van der Waals surface area contributed by atoms with Crippen LogP contribution >= 0.6 is 0 Å². The maximum absolute atomic E-state index is 12.8. The van der Waals surface area contributed by atoms with Gasteiger partial charge in [0.2, 0.25) is 5.91 Å². The fourth-order valence-electron chi connectivity index (χ4n) is 3.55. The molecular formula is C21H26N2O3. The molecule has 2 aromatic rings. The molecule has 5 heteroatoms. The first-order chi connectivity index (χ1) is 12.6. The quantitative estimate of drug-likeness (QED) is 0.836. The molecule has 0 spiro atoms. The number of fused-ring (bicyclic) bond motifs is 1. The zero-order chi connectivity index (χ0) is 18.5. The van der Waals surface area contributed by atoms with E-state index >= 15 is 0 Å². The van der Waals surface area contributed by atoms with Crippen molar-refractivity contribution in [3.8, 4) is 0 Å². The Kier molecular flexibility index (Phi) is 5.89. The number of amides is 1. The second kappa shape index (κ2) is 8.32. The van der Waals surface area contributed by atoms with Crippen molar-refractivity contribution in [2.75, 3.05) is 25.0 Å². The zero-order valence-electron chi connectivity index (χ0n) is 15.4. The van der Waals surface area contributed by atoms with Crippen LogP contribution in [-0.4, -0.2) is 42.5 Å². The first kappa shape index (κ1) is 18.4. The molecule has 1 saturated heterocycles. The first-order valence-corrected chi connectivity index (χ1v) is 9.29. The van der Waals surface area contributed by atoms with Crippen molar-refractivity contribution < 1.29 is 14.3 Å². The number of nitrogens with one attached hydrogen (secondary N) is 1. The van der Waals surface area contributed by atoms with Crippen LogP contribution in [0.1, 0.15) is 26.7 Å². The van der Waals surface area contributed by atoms with Gasteiger partial charge in [0, 0.05) is 17.6 Å². The van der Waals surface area contributed by atoms with Crippen molar-refractivity contribution in [3.63, 3.8) is 0 Å². The topological polar surface area (TPSA) is 58.6 Å². The van der Waals surface area contributed by atoms with Gasteiger partial charge >= 0.3 is 5.97 Å². The Morgan fingerprint density at radius 1 is 1.23 bits per heavy atom. The maximum atomic E-state index is 12.8. The molecule has 0 bridgehead atoms. The van der Waals surface area contributed by atoms with Gasteiger partial charge in [0.25, 0.3) is 0 Å².